The highest BCUT2D eigenvalue weighted by Crippen LogP contribution is 2.15. The number of hydrogen-bond donors (Lipinski definition) is 1. The summed E-state index contributed by atoms with van der Waals surface area (Å²) in [5, 5.41) is 3.19. The maximum absolute atomic E-state index is 12.1. The first kappa shape index (κ1) is 21.9. The van der Waals surface area contributed by atoms with Crippen LogP contribution in [0.4, 0.5) is 0 Å². The van der Waals surface area contributed by atoms with Gasteiger partial charge in [0.05, 0.1) is 5.75 Å². The summed E-state index contributed by atoms with van der Waals surface area (Å²) in [5.41, 5.74) is 0. The molecular formula is C14H31IN4O2S. The first-order chi connectivity index (χ1) is 9.94. The number of halogens is 1. The van der Waals surface area contributed by atoms with Gasteiger partial charge in [-0.05, 0) is 18.8 Å². The van der Waals surface area contributed by atoms with Crippen molar-refractivity contribution in [2.75, 3.05) is 45.5 Å². The molecule has 1 aliphatic heterocycles. The number of likely N-dealkylation sites (tertiary alicyclic amines) is 1. The third-order valence-electron chi connectivity index (χ3n) is 3.91. The monoisotopic (exact) mass is 446 g/mol. The number of nitrogens with zero attached hydrogens (tertiary/aromatic N) is 3. The van der Waals surface area contributed by atoms with Crippen molar-refractivity contribution in [1.29, 1.82) is 0 Å². The summed E-state index contributed by atoms with van der Waals surface area (Å²) in [6, 6.07) is 0. The van der Waals surface area contributed by atoms with Crippen molar-refractivity contribution < 1.29 is 8.42 Å². The molecule has 0 aromatic carbocycles. The Morgan fingerprint density at radius 3 is 2.50 bits per heavy atom. The second-order valence-electron chi connectivity index (χ2n) is 5.57. The van der Waals surface area contributed by atoms with Crippen molar-refractivity contribution >= 4 is 40.0 Å². The molecule has 0 saturated carbocycles. The van der Waals surface area contributed by atoms with Gasteiger partial charge in [0, 0.05) is 39.8 Å². The van der Waals surface area contributed by atoms with Crippen LogP contribution in [0.3, 0.4) is 0 Å². The van der Waals surface area contributed by atoms with Gasteiger partial charge in [-0.3, -0.25) is 4.99 Å². The predicted molar refractivity (Wildman–Crippen MR) is 103 cm³/mol. The minimum atomic E-state index is -3.17. The normalized spacial score (nSPS) is 20.0. The highest BCUT2D eigenvalue weighted by atomic mass is 127. The standard InChI is InChI=1S/C14H30N4O2S.HI/c1-5-18(6-2)21(19,20)11-9-16-14(15-4)17-10-7-8-13(3)12-17;/h13H,5-12H2,1-4H3,(H,15,16);1H. The SMILES string of the molecule is CCN(CC)S(=O)(=O)CCNC(=NC)N1CCCC(C)C1.I. The minimum Gasteiger partial charge on any atom is -0.355 e. The smallest absolute Gasteiger partial charge is 0.215 e. The van der Waals surface area contributed by atoms with E-state index >= 15 is 0 Å². The van der Waals surface area contributed by atoms with Crippen molar-refractivity contribution in [3.8, 4) is 0 Å². The van der Waals surface area contributed by atoms with E-state index in [1.165, 1.54) is 17.1 Å². The Morgan fingerprint density at radius 1 is 1.36 bits per heavy atom. The molecule has 0 aromatic heterocycles. The summed E-state index contributed by atoms with van der Waals surface area (Å²) in [7, 11) is -1.42. The maximum Gasteiger partial charge on any atom is 0.215 e. The lowest BCUT2D eigenvalue weighted by Crippen LogP contribution is -2.47. The molecule has 6 nitrogen and oxygen atoms in total. The highest BCUT2D eigenvalue weighted by Gasteiger charge is 2.21. The van der Waals surface area contributed by atoms with Crippen LogP contribution in [0, 0.1) is 5.92 Å². The van der Waals surface area contributed by atoms with Gasteiger partial charge in [0.2, 0.25) is 10.0 Å². The van der Waals surface area contributed by atoms with Crippen molar-refractivity contribution in [2.45, 2.75) is 33.6 Å². The van der Waals surface area contributed by atoms with Crippen molar-refractivity contribution in [3.63, 3.8) is 0 Å². The molecular weight excluding hydrogens is 415 g/mol. The van der Waals surface area contributed by atoms with Crippen molar-refractivity contribution in [2.24, 2.45) is 10.9 Å². The number of piperidine rings is 1. The quantitative estimate of drug-likeness (QED) is 0.382. The lowest BCUT2D eigenvalue weighted by atomic mass is 10.0. The number of hydrogen-bond acceptors (Lipinski definition) is 3. The molecule has 0 aliphatic carbocycles. The molecule has 1 unspecified atom stereocenters. The Kier molecular flexibility index (Phi) is 10.6. The van der Waals surface area contributed by atoms with Crippen molar-refractivity contribution in [1.82, 2.24) is 14.5 Å². The van der Waals surface area contributed by atoms with Gasteiger partial charge >= 0.3 is 0 Å². The van der Waals surface area contributed by atoms with E-state index in [-0.39, 0.29) is 29.7 Å². The summed E-state index contributed by atoms with van der Waals surface area (Å²) < 4.78 is 25.7. The summed E-state index contributed by atoms with van der Waals surface area (Å²) in [6.07, 6.45) is 2.42. The van der Waals surface area contributed by atoms with Gasteiger partial charge in [-0.15, -0.1) is 24.0 Å². The molecule has 1 heterocycles. The number of sulfonamides is 1. The van der Waals surface area contributed by atoms with Crippen LogP contribution in [-0.4, -0.2) is 69.1 Å². The zero-order valence-electron chi connectivity index (χ0n) is 14.2. The van der Waals surface area contributed by atoms with E-state index < -0.39 is 10.0 Å². The highest BCUT2D eigenvalue weighted by molar-refractivity contribution is 14.0. The fourth-order valence-corrected chi connectivity index (χ4v) is 4.16. The van der Waals surface area contributed by atoms with E-state index in [0.717, 1.165) is 19.0 Å². The Bertz CT molecular complexity index is 438. The molecule has 8 heteroatoms. The third kappa shape index (κ3) is 6.57. The topological polar surface area (TPSA) is 65.0 Å². The molecule has 0 spiro atoms. The lowest BCUT2D eigenvalue weighted by Gasteiger charge is -2.33. The average Bonchev–Trinajstić information content (AvgIpc) is 2.44. The molecule has 1 fully saturated rings. The Balaban J connectivity index is 0.00000441. The Hall–Kier alpha value is -0.0900. The fourth-order valence-electron chi connectivity index (χ4n) is 2.75. The van der Waals surface area contributed by atoms with Crippen LogP contribution >= 0.6 is 24.0 Å². The molecule has 1 N–H and O–H groups in total. The Morgan fingerprint density at radius 2 is 2.00 bits per heavy atom. The number of rotatable bonds is 6. The molecule has 0 radical (unpaired) electrons. The summed E-state index contributed by atoms with van der Waals surface area (Å²) in [4.78, 5) is 6.49. The van der Waals surface area contributed by atoms with E-state index in [4.69, 9.17) is 0 Å². The molecule has 1 atom stereocenters. The van der Waals surface area contributed by atoms with Gasteiger partial charge in [-0.25, -0.2) is 12.7 Å². The average molecular weight is 446 g/mol. The zero-order chi connectivity index (χ0) is 15.9. The van der Waals surface area contributed by atoms with Gasteiger partial charge in [0.1, 0.15) is 0 Å². The minimum absolute atomic E-state index is 0. The van der Waals surface area contributed by atoms with Crippen LogP contribution < -0.4 is 5.32 Å². The van der Waals surface area contributed by atoms with Crippen LogP contribution in [0.2, 0.25) is 0 Å². The molecule has 22 heavy (non-hydrogen) atoms. The van der Waals surface area contributed by atoms with Crippen LogP contribution in [0.5, 0.6) is 0 Å². The van der Waals surface area contributed by atoms with E-state index in [2.05, 4.69) is 22.1 Å². The molecule has 1 saturated heterocycles. The van der Waals surface area contributed by atoms with Gasteiger partial charge < -0.3 is 10.2 Å². The van der Waals surface area contributed by atoms with E-state index in [1.54, 1.807) is 7.05 Å². The predicted octanol–water partition coefficient (Wildman–Crippen LogP) is 1.58. The number of aliphatic imine (C=N–C) groups is 1. The summed E-state index contributed by atoms with van der Waals surface area (Å²) in [6.45, 7) is 9.40. The number of guanidine groups is 1. The molecule has 1 aliphatic rings. The fraction of sp³-hybridized carbons (Fsp3) is 0.929. The van der Waals surface area contributed by atoms with Crippen LogP contribution in [-0.2, 0) is 10.0 Å². The molecule has 1 rings (SSSR count). The second-order valence-corrected chi connectivity index (χ2v) is 7.66. The second kappa shape index (κ2) is 10.6. The largest absolute Gasteiger partial charge is 0.355 e. The Labute approximate surface area is 152 Å². The summed E-state index contributed by atoms with van der Waals surface area (Å²) in [5.74, 6) is 1.59. The first-order valence-corrected chi connectivity index (χ1v) is 9.48. The van der Waals surface area contributed by atoms with Gasteiger partial charge in [-0.2, -0.15) is 0 Å². The molecule has 0 aromatic rings. The molecule has 0 amide bonds. The lowest BCUT2D eigenvalue weighted by molar-refractivity contribution is 0.266. The zero-order valence-corrected chi connectivity index (χ0v) is 17.4. The van der Waals surface area contributed by atoms with E-state index in [9.17, 15) is 8.42 Å². The number of nitrogens with one attached hydrogen (secondary N) is 1. The van der Waals surface area contributed by atoms with Crippen LogP contribution in [0.1, 0.15) is 33.6 Å². The molecule has 0 bridgehead atoms. The molecule has 132 valence electrons. The van der Waals surface area contributed by atoms with Crippen LogP contribution in [0.15, 0.2) is 4.99 Å². The van der Waals surface area contributed by atoms with Gasteiger partial charge in [0.15, 0.2) is 5.96 Å². The van der Waals surface area contributed by atoms with Gasteiger partial charge in [-0.1, -0.05) is 20.8 Å². The summed E-state index contributed by atoms with van der Waals surface area (Å²) >= 11 is 0. The van der Waals surface area contributed by atoms with E-state index in [1.807, 2.05) is 13.8 Å². The van der Waals surface area contributed by atoms with Crippen LogP contribution in [0.25, 0.3) is 0 Å². The third-order valence-corrected chi connectivity index (χ3v) is 5.93. The van der Waals surface area contributed by atoms with Gasteiger partial charge in [0.25, 0.3) is 0 Å². The van der Waals surface area contributed by atoms with Crippen molar-refractivity contribution in [3.05, 3.63) is 0 Å². The van der Waals surface area contributed by atoms with E-state index in [0.29, 0.717) is 25.6 Å². The first-order valence-electron chi connectivity index (χ1n) is 7.88. The maximum atomic E-state index is 12.1.